The Morgan fingerprint density at radius 3 is 2.58 bits per heavy atom. The lowest BCUT2D eigenvalue weighted by Gasteiger charge is -2.23. The van der Waals surface area contributed by atoms with Crippen molar-refractivity contribution in [3.05, 3.63) is 23.8 Å². The van der Waals surface area contributed by atoms with Crippen molar-refractivity contribution < 1.29 is 23.9 Å². The average molecular weight is 265 g/mol. The molecule has 0 aliphatic heterocycles. The second-order valence-corrected chi connectivity index (χ2v) is 3.67. The first-order valence-corrected chi connectivity index (χ1v) is 5.54. The van der Waals surface area contributed by atoms with Gasteiger partial charge in [0.05, 0.1) is 26.5 Å². The first-order chi connectivity index (χ1) is 9.15. The molecule has 0 aliphatic rings. The predicted molar refractivity (Wildman–Crippen MR) is 68.7 cm³/mol. The molecule has 0 fully saturated rings. The van der Waals surface area contributed by atoms with Gasteiger partial charge in [0.2, 0.25) is 0 Å². The zero-order chi connectivity index (χ0) is 14.3. The summed E-state index contributed by atoms with van der Waals surface area (Å²) in [5, 5.41) is 0. The van der Waals surface area contributed by atoms with Crippen molar-refractivity contribution in [1.29, 1.82) is 0 Å². The third-order valence-corrected chi connectivity index (χ3v) is 2.52. The summed E-state index contributed by atoms with van der Waals surface area (Å²) < 4.78 is 9.74. The Balaban J connectivity index is 3.09. The van der Waals surface area contributed by atoms with Crippen LogP contribution in [0.2, 0.25) is 0 Å². The molecule has 0 radical (unpaired) electrons. The molecule has 0 heterocycles. The number of nitrogens with zero attached hydrogens (tertiary/aromatic N) is 1. The molecule has 0 spiro atoms. The number of benzene rings is 1. The van der Waals surface area contributed by atoms with Gasteiger partial charge in [-0.2, -0.15) is 0 Å². The van der Waals surface area contributed by atoms with Gasteiger partial charge in [-0.1, -0.05) is 0 Å². The van der Waals surface area contributed by atoms with Crippen LogP contribution in [0.25, 0.3) is 0 Å². The van der Waals surface area contributed by atoms with Crippen molar-refractivity contribution in [1.82, 2.24) is 0 Å². The Morgan fingerprint density at radius 2 is 2.05 bits per heavy atom. The molecule has 19 heavy (non-hydrogen) atoms. The van der Waals surface area contributed by atoms with E-state index in [0.29, 0.717) is 29.6 Å². The lowest BCUT2D eigenvalue weighted by molar-refractivity contribution is -0.138. The fourth-order valence-corrected chi connectivity index (χ4v) is 1.59. The van der Waals surface area contributed by atoms with Crippen molar-refractivity contribution in [2.24, 2.45) is 0 Å². The number of rotatable bonds is 7. The molecule has 1 aromatic rings. The minimum Gasteiger partial charge on any atom is -0.495 e. The minimum atomic E-state index is -0.469. The standard InChI is InChI=1S/C13H15NO5/c1-18-12-7-10(9-16)3-4-11(12)14(5-6-15)8-13(17)19-2/h3-4,6-7,9H,5,8H2,1-2H3. The van der Waals surface area contributed by atoms with E-state index in [1.165, 1.54) is 25.2 Å². The Hall–Kier alpha value is -2.37. The number of carbonyl (C=O) groups is 3. The van der Waals surface area contributed by atoms with Crippen LogP contribution >= 0.6 is 0 Å². The highest BCUT2D eigenvalue weighted by molar-refractivity contribution is 5.82. The monoisotopic (exact) mass is 265 g/mol. The molecular weight excluding hydrogens is 250 g/mol. The molecule has 0 aliphatic carbocycles. The van der Waals surface area contributed by atoms with Gasteiger partial charge >= 0.3 is 5.97 Å². The van der Waals surface area contributed by atoms with Gasteiger partial charge in [-0.05, 0) is 18.2 Å². The molecule has 1 rings (SSSR count). The maximum atomic E-state index is 11.3. The second kappa shape index (κ2) is 7.15. The van der Waals surface area contributed by atoms with Crippen molar-refractivity contribution in [3.63, 3.8) is 0 Å². The van der Waals surface area contributed by atoms with Gasteiger partial charge in [0, 0.05) is 5.56 Å². The smallest absolute Gasteiger partial charge is 0.325 e. The third kappa shape index (κ3) is 3.80. The maximum Gasteiger partial charge on any atom is 0.325 e. The van der Waals surface area contributed by atoms with Gasteiger partial charge in [0.1, 0.15) is 24.9 Å². The summed E-state index contributed by atoms with van der Waals surface area (Å²) in [6, 6.07) is 4.74. The largest absolute Gasteiger partial charge is 0.495 e. The zero-order valence-electron chi connectivity index (χ0n) is 10.8. The van der Waals surface area contributed by atoms with E-state index in [0.717, 1.165) is 0 Å². The molecule has 0 saturated heterocycles. The number of carbonyl (C=O) groups excluding carboxylic acids is 3. The Bertz CT molecular complexity index is 472. The maximum absolute atomic E-state index is 11.3. The van der Waals surface area contributed by atoms with Crippen molar-refractivity contribution in [2.75, 3.05) is 32.2 Å². The van der Waals surface area contributed by atoms with E-state index in [4.69, 9.17) is 4.74 Å². The number of aldehydes is 2. The van der Waals surface area contributed by atoms with Crippen LogP contribution in [-0.4, -0.2) is 45.9 Å². The number of methoxy groups -OCH3 is 2. The Labute approximate surface area is 110 Å². The van der Waals surface area contributed by atoms with Crippen LogP contribution < -0.4 is 9.64 Å². The summed E-state index contributed by atoms with van der Waals surface area (Å²) in [5.41, 5.74) is 0.996. The first kappa shape index (κ1) is 14.7. The molecule has 1 aromatic carbocycles. The normalized spacial score (nSPS) is 9.58. The molecule has 0 N–H and O–H groups in total. The molecule has 0 saturated carbocycles. The highest BCUT2D eigenvalue weighted by atomic mass is 16.5. The fraction of sp³-hybridized carbons (Fsp3) is 0.308. The van der Waals surface area contributed by atoms with Crippen LogP contribution in [0.1, 0.15) is 10.4 Å². The number of ether oxygens (including phenoxy) is 2. The molecular formula is C13H15NO5. The molecule has 0 amide bonds. The quantitative estimate of drug-likeness (QED) is 0.533. The topological polar surface area (TPSA) is 72.9 Å². The lowest BCUT2D eigenvalue weighted by Crippen LogP contribution is -2.32. The van der Waals surface area contributed by atoms with Crippen LogP contribution in [0.5, 0.6) is 5.75 Å². The molecule has 0 bridgehead atoms. The predicted octanol–water partition coefficient (Wildman–Crippen LogP) is 0.686. The van der Waals surface area contributed by atoms with Crippen LogP contribution in [0.3, 0.4) is 0 Å². The lowest BCUT2D eigenvalue weighted by atomic mass is 10.2. The SMILES string of the molecule is COC(=O)CN(CC=O)c1ccc(C=O)cc1OC. The van der Waals surface area contributed by atoms with Gasteiger partial charge < -0.3 is 19.2 Å². The average Bonchev–Trinajstić information content (AvgIpc) is 2.45. The summed E-state index contributed by atoms with van der Waals surface area (Å²) in [7, 11) is 2.72. The van der Waals surface area contributed by atoms with Crippen LogP contribution in [0, 0.1) is 0 Å². The minimum absolute atomic E-state index is 0.0197. The van der Waals surface area contributed by atoms with Gasteiger partial charge in [0.25, 0.3) is 0 Å². The number of hydrogen-bond donors (Lipinski definition) is 0. The van der Waals surface area contributed by atoms with Gasteiger partial charge in [-0.25, -0.2) is 0 Å². The van der Waals surface area contributed by atoms with Gasteiger partial charge in [-0.3, -0.25) is 9.59 Å². The summed E-state index contributed by atoms with van der Waals surface area (Å²) >= 11 is 0. The molecule has 0 atom stereocenters. The number of anilines is 1. The van der Waals surface area contributed by atoms with Crippen LogP contribution in [0.15, 0.2) is 18.2 Å². The highest BCUT2D eigenvalue weighted by Crippen LogP contribution is 2.28. The van der Waals surface area contributed by atoms with Crippen molar-refractivity contribution in [3.8, 4) is 5.75 Å². The van der Waals surface area contributed by atoms with E-state index >= 15 is 0 Å². The van der Waals surface area contributed by atoms with E-state index in [-0.39, 0.29) is 13.1 Å². The Morgan fingerprint density at radius 1 is 1.32 bits per heavy atom. The number of esters is 1. The molecule has 6 heteroatoms. The van der Waals surface area contributed by atoms with E-state index in [2.05, 4.69) is 4.74 Å². The van der Waals surface area contributed by atoms with E-state index < -0.39 is 5.97 Å². The van der Waals surface area contributed by atoms with E-state index in [1.807, 2.05) is 0 Å². The molecule has 102 valence electrons. The van der Waals surface area contributed by atoms with Crippen LogP contribution in [-0.2, 0) is 14.3 Å². The summed E-state index contributed by atoms with van der Waals surface area (Å²) in [6.07, 6.45) is 1.37. The van der Waals surface area contributed by atoms with Crippen LogP contribution in [0.4, 0.5) is 5.69 Å². The summed E-state index contributed by atoms with van der Waals surface area (Å²) in [5.74, 6) is -0.0567. The molecule has 0 unspecified atom stereocenters. The number of hydrogen-bond acceptors (Lipinski definition) is 6. The van der Waals surface area contributed by atoms with Crippen molar-refractivity contribution >= 4 is 24.2 Å². The highest BCUT2D eigenvalue weighted by Gasteiger charge is 2.16. The molecule has 6 nitrogen and oxygen atoms in total. The summed E-state index contributed by atoms with van der Waals surface area (Å²) in [4.78, 5) is 34.2. The van der Waals surface area contributed by atoms with Crippen molar-refractivity contribution in [2.45, 2.75) is 0 Å². The fourth-order valence-electron chi connectivity index (χ4n) is 1.59. The second-order valence-electron chi connectivity index (χ2n) is 3.67. The van der Waals surface area contributed by atoms with E-state index in [9.17, 15) is 14.4 Å². The first-order valence-electron chi connectivity index (χ1n) is 5.54. The Kier molecular flexibility index (Phi) is 5.53. The van der Waals surface area contributed by atoms with Gasteiger partial charge in [-0.15, -0.1) is 0 Å². The summed E-state index contributed by atoms with van der Waals surface area (Å²) in [6.45, 7) is -0.0576. The third-order valence-electron chi connectivity index (χ3n) is 2.52. The zero-order valence-corrected chi connectivity index (χ0v) is 10.8. The molecule has 0 aromatic heterocycles. The van der Waals surface area contributed by atoms with E-state index in [1.54, 1.807) is 12.1 Å². The van der Waals surface area contributed by atoms with Gasteiger partial charge in [0.15, 0.2) is 0 Å².